The average Bonchev–Trinajstić information content (AvgIpc) is 2.48. The molecule has 0 heterocycles. The Hall–Kier alpha value is -1.81. The van der Waals surface area contributed by atoms with Crippen molar-refractivity contribution in [2.24, 2.45) is 0 Å². The molecule has 0 bridgehead atoms. The normalized spacial score (nSPS) is 11.7. The van der Waals surface area contributed by atoms with Crippen LogP contribution in [0.2, 0.25) is 0 Å². The van der Waals surface area contributed by atoms with Gasteiger partial charge in [0.25, 0.3) is 0 Å². The smallest absolute Gasteiger partial charge is 0.319 e. The highest BCUT2D eigenvalue weighted by Crippen LogP contribution is 2.22. The van der Waals surface area contributed by atoms with Crippen molar-refractivity contribution in [3.05, 3.63) is 64.6 Å². The lowest BCUT2D eigenvalue weighted by Gasteiger charge is -2.18. The molecule has 0 fully saturated rings. The summed E-state index contributed by atoms with van der Waals surface area (Å²) in [5.41, 5.74) is 1.87. The van der Waals surface area contributed by atoms with E-state index < -0.39 is 0 Å². The van der Waals surface area contributed by atoms with E-state index in [2.05, 4.69) is 33.5 Å². The Morgan fingerprint density at radius 2 is 1.75 bits per heavy atom. The molecule has 104 valence electrons. The molecule has 0 saturated heterocycles. The van der Waals surface area contributed by atoms with Crippen molar-refractivity contribution in [2.45, 2.75) is 19.4 Å². The van der Waals surface area contributed by atoms with E-state index in [4.69, 9.17) is 0 Å². The molecule has 0 unspecified atom stereocenters. The third kappa shape index (κ3) is 3.84. The molecule has 4 heteroatoms. The minimum absolute atomic E-state index is 0.0127. The summed E-state index contributed by atoms with van der Waals surface area (Å²) in [4.78, 5) is 12.1. The summed E-state index contributed by atoms with van der Waals surface area (Å²) in [5, 5.41) is 5.84. The predicted molar refractivity (Wildman–Crippen MR) is 85.8 cm³/mol. The van der Waals surface area contributed by atoms with Gasteiger partial charge in [0, 0.05) is 4.47 Å². The van der Waals surface area contributed by atoms with Gasteiger partial charge < -0.3 is 10.6 Å². The molecule has 0 aromatic heterocycles. The van der Waals surface area contributed by atoms with E-state index in [1.807, 2.05) is 54.6 Å². The van der Waals surface area contributed by atoms with Gasteiger partial charge in [-0.05, 0) is 40.0 Å². The van der Waals surface area contributed by atoms with Crippen LogP contribution in [-0.2, 0) is 0 Å². The summed E-state index contributed by atoms with van der Waals surface area (Å²) < 4.78 is 0.864. The molecule has 2 rings (SSSR count). The lowest BCUT2D eigenvalue weighted by Crippen LogP contribution is -2.32. The highest BCUT2D eigenvalue weighted by molar-refractivity contribution is 9.10. The molecular weight excluding hydrogens is 316 g/mol. The molecule has 0 radical (unpaired) electrons. The van der Waals surface area contributed by atoms with Gasteiger partial charge in [0.15, 0.2) is 0 Å². The van der Waals surface area contributed by atoms with Crippen molar-refractivity contribution in [1.29, 1.82) is 0 Å². The Labute approximate surface area is 127 Å². The van der Waals surface area contributed by atoms with Crippen molar-refractivity contribution in [2.75, 3.05) is 5.32 Å². The van der Waals surface area contributed by atoms with Crippen LogP contribution in [-0.4, -0.2) is 6.03 Å². The third-order valence-corrected chi connectivity index (χ3v) is 3.73. The zero-order chi connectivity index (χ0) is 14.4. The second-order valence-corrected chi connectivity index (χ2v) is 5.30. The maximum atomic E-state index is 12.1. The number of carbonyl (C=O) groups excluding carboxylic acids is 1. The summed E-state index contributed by atoms with van der Waals surface area (Å²) in [5.74, 6) is 0. The number of rotatable bonds is 4. The van der Waals surface area contributed by atoms with Gasteiger partial charge in [-0.2, -0.15) is 0 Å². The number of urea groups is 1. The molecule has 2 N–H and O–H groups in total. The van der Waals surface area contributed by atoms with Gasteiger partial charge in [-0.25, -0.2) is 4.79 Å². The molecule has 0 saturated carbocycles. The number of benzene rings is 2. The fourth-order valence-corrected chi connectivity index (χ4v) is 2.37. The van der Waals surface area contributed by atoms with E-state index >= 15 is 0 Å². The number of hydrogen-bond acceptors (Lipinski definition) is 1. The van der Waals surface area contributed by atoms with Crippen molar-refractivity contribution < 1.29 is 4.79 Å². The lowest BCUT2D eigenvalue weighted by molar-refractivity contribution is 0.248. The minimum atomic E-state index is -0.201. The molecule has 2 aromatic carbocycles. The summed E-state index contributed by atoms with van der Waals surface area (Å²) >= 11 is 3.41. The zero-order valence-corrected chi connectivity index (χ0v) is 12.9. The fraction of sp³-hybridized carbons (Fsp3) is 0.188. The van der Waals surface area contributed by atoms with Crippen molar-refractivity contribution in [3.8, 4) is 0 Å². The Kier molecular flexibility index (Phi) is 5.18. The molecule has 1 atom stereocenters. The summed E-state index contributed by atoms with van der Waals surface area (Å²) in [7, 11) is 0. The first-order valence-corrected chi connectivity index (χ1v) is 7.37. The van der Waals surface area contributed by atoms with E-state index in [-0.39, 0.29) is 12.1 Å². The molecule has 0 spiro atoms. The predicted octanol–water partition coefficient (Wildman–Crippen LogP) is 4.72. The molecule has 0 aliphatic heterocycles. The van der Waals surface area contributed by atoms with Gasteiger partial charge in [-0.3, -0.25) is 0 Å². The quantitative estimate of drug-likeness (QED) is 0.835. The Bertz CT molecular complexity index is 572. The minimum Gasteiger partial charge on any atom is -0.331 e. The molecular formula is C16H17BrN2O. The second-order valence-electron chi connectivity index (χ2n) is 4.45. The highest BCUT2D eigenvalue weighted by atomic mass is 79.9. The number of amides is 2. The van der Waals surface area contributed by atoms with Gasteiger partial charge in [0.2, 0.25) is 0 Å². The van der Waals surface area contributed by atoms with Crippen LogP contribution in [0.15, 0.2) is 59.1 Å². The largest absolute Gasteiger partial charge is 0.331 e. The number of anilines is 1. The second kappa shape index (κ2) is 7.10. The van der Waals surface area contributed by atoms with Gasteiger partial charge in [-0.1, -0.05) is 49.4 Å². The SMILES string of the molecule is CC[C@@H](NC(=O)Nc1ccccc1Br)c1ccccc1. The highest BCUT2D eigenvalue weighted by Gasteiger charge is 2.12. The van der Waals surface area contributed by atoms with Gasteiger partial charge >= 0.3 is 6.03 Å². The molecule has 0 aliphatic carbocycles. The van der Waals surface area contributed by atoms with Crippen LogP contribution in [0.5, 0.6) is 0 Å². The maximum Gasteiger partial charge on any atom is 0.319 e. The van der Waals surface area contributed by atoms with Crippen LogP contribution in [0.1, 0.15) is 24.9 Å². The van der Waals surface area contributed by atoms with Crippen LogP contribution in [0.25, 0.3) is 0 Å². The van der Waals surface area contributed by atoms with Gasteiger partial charge in [-0.15, -0.1) is 0 Å². The van der Waals surface area contributed by atoms with Crippen LogP contribution < -0.4 is 10.6 Å². The molecule has 3 nitrogen and oxygen atoms in total. The summed E-state index contributed by atoms with van der Waals surface area (Å²) in [6, 6.07) is 17.3. The van der Waals surface area contributed by atoms with E-state index in [1.165, 1.54) is 0 Å². The topological polar surface area (TPSA) is 41.1 Å². The van der Waals surface area contributed by atoms with Crippen LogP contribution >= 0.6 is 15.9 Å². The summed E-state index contributed by atoms with van der Waals surface area (Å²) in [6.07, 6.45) is 0.841. The molecule has 2 aromatic rings. The van der Waals surface area contributed by atoms with Crippen molar-refractivity contribution >= 4 is 27.6 Å². The van der Waals surface area contributed by atoms with E-state index in [9.17, 15) is 4.79 Å². The van der Waals surface area contributed by atoms with E-state index in [1.54, 1.807) is 0 Å². The van der Waals surface area contributed by atoms with Gasteiger partial charge in [0.05, 0.1) is 11.7 Å². The number of carbonyl (C=O) groups is 1. The van der Waals surface area contributed by atoms with E-state index in [0.29, 0.717) is 0 Å². The standard InChI is InChI=1S/C16H17BrN2O/c1-2-14(12-8-4-3-5-9-12)18-16(20)19-15-11-7-6-10-13(15)17/h3-11,14H,2H2,1H3,(H2,18,19,20)/t14-/m1/s1. The first-order chi connectivity index (χ1) is 9.70. The van der Waals surface area contributed by atoms with E-state index in [0.717, 1.165) is 22.1 Å². The maximum absolute atomic E-state index is 12.1. The lowest BCUT2D eigenvalue weighted by atomic mass is 10.1. The van der Waals surface area contributed by atoms with Gasteiger partial charge in [0.1, 0.15) is 0 Å². The fourth-order valence-electron chi connectivity index (χ4n) is 1.99. The zero-order valence-electron chi connectivity index (χ0n) is 11.3. The van der Waals surface area contributed by atoms with Crippen molar-refractivity contribution in [3.63, 3.8) is 0 Å². The molecule has 2 amide bonds. The number of para-hydroxylation sites is 1. The first-order valence-electron chi connectivity index (χ1n) is 6.57. The van der Waals surface area contributed by atoms with Crippen LogP contribution in [0, 0.1) is 0 Å². The first kappa shape index (κ1) is 14.6. The molecule has 0 aliphatic rings. The summed E-state index contributed by atoms with van der Waals surface area (Å²) in [6.45, 7) is 2.05. The van der Waals surface area contributed by atoms with Crippen LogP contribution in [0.3, 0.4) is 0 Å². The third-order valence-electron chi connectivity index (χ3n) is 3.04. The monoisotopic (exact) mass is 332 g/mol. The van der Waals surface area contributed by atoms with Crippen LogP contribution in [0.4, 0.5) is 10.5 Å². The van der Waals surface area contributed by atoms with Crippen molar-refractivity contribution in [1.82, 2.24) is 5.32 Å². The number of nitrogens with one attached hydrogen (secondary N) is 2. The number of halogens is 1. The number of hydrogen-bond donors (Lipinski definition) is 2. The average molecular weight is 333 g/mol. The Morgan fingerprint density at radius 3 is 2.40 bits per heavy atom. The Morgan fingerprint density at radius 1 is 1.10 bits per heavy atom. The molecule has 20 heavy (non-hydrogen) atoms. The Balaban J connectivity index is 2.02.